The molecule has 0 aromatic heterocycles. The molecule has 2 saturated heterocycles. The number of nitrogens with zero attached hydrogens (tertiary/aromatic N) is 4. The summed E-state index contributed by atoms with van der Waals surface area (Å²) in [6, 6.07) is 15.9. The summed E-state index contributed by atoms with van der Waals surface area (Å²) in [6.45, 7) is 2.89. The number of nitro benzene ring substituents is 1. The molecule has 2 aliphatic rings. The lowest BCUT2D eigenvalue weighted by molar-refractivity contribution is -0.384. The number of nitro groups is 1. The van der Waals surface area contributed by atoms with Crippen LogP contribution in [0.3, 0.4) is 0 Å². The van der Waals surface area contributed by atoms with E-state index in [1.807, 2.05) is 35.2 Å². The standard InChI is InChI=1S/C21H22N4O4/c26-20-14-16(15-24(20)18-4-2-1-3-5-18)21(27)23-12-10-22(11-13-23)17-6-8-19(9-7-17)25(28)29/h1-9,16H,10-15H2/t16-/m0/s1. The van der Waals surface area contributed by atoms with Crippen LogP contribution in [0.25, 0.3) is 0 Å². The third kappa shape index (κ3) is 3.91. The second-order valence-electron chi connectivity index (χ2n) is 7.33. The molecule has 1 atom stereocenters. The molecule has 8 nitrogen and oxygen atoms in total. The van der Waals surface area contributed by atoms with Crippen molar-refractivity contribution in [2.75, 3.05) is 42.5 Å². The summed E-state index contributed by atoms with van der Waals surface area (Å²) in [7, 11) is 0. The van der Waals surface area contributed by atoms with E-state index in [1.165, 1.54) is 12.1 Å². The Morgan fingerprint density at radius 3 is 2.21 bits per heavy atom. The Labute approximate surface area is 168 Å². The normalized spacial score (nSPS) is 19.5. The number of hydrogen-bond donors (Lipinski definition) is 0. The molecule has 2 aromatic rings. The van der Waals surface area contributed by atoms with Gasteiger partial charge in [0.2, 0.25) is 11.8 Å². The quantitative estimate of drug-likeness (QED) is 0.587. The summed E-state index contributed by atoms with van der Waals surface area (Å²) in [5.41, 5.74) is 1.81. The van der Waals surface area contributed by atoms with Gasteiger partial charge in [0.1, 0.15) is 0 Å². The monoisotopic (exact) mass is 394 g/mol. The average Bonchev–Trinajstić information content (AvgIpc) is 3.15. The van der Waals surface area contributed by atoms with Crippen molar-refractivity contribution in [1.82, 2.24) is 4.90 Å². The highest BCUT2D eigenvalue weighted by Gasteiger charge is 2.37. The highest BCUT2D eigenvalue weighted by molar-refractivity contribution is 6.00. The van der Waals surface area contributed by atoms with E-state index in [0.29, 0.717) is 32.7 Å². The Balaban J connectivity index is 1.34. The summed E-state index contributed by atoms with van der Waals surface area (Å²) in [4.78, 5) is 41.3. The van der Waals surface area contributed by atoms with E-state index in [9.17, 15) is 19.7 Å². The van der Waals surface area contributed by atoms with Gasteiger partial charge in [0.25, 0.3) is 5.69 Å². The Morgan fingerprint density at radius 1 is 0.931 bits per heavy atom. The summed E-state index contributed by atoms with van der Waals surface area (Å²) in [6.07, 6.45) is 0.246. The van der Waals surface area contributed by atoms with Gasteiger partial charge in [-0.05, 0) is 24.3 Å². The van der Waals surface area contributed by atoms with Crippen molar-refractivity contribution in [3.63, 3.8) is 0 Å². The van der Waals surface area contributed by atoms with Crippen LogP contribution in [0.1, 0.15) is 6.42 Å². The van der Waals surface area contributed by atoms with E-state index < -0.39 is 4.92 Å². The van der Waals surface area contributed by atoms with E-state index >= 15 is 0 Å². The zero-order valence-corrected chi connectivity index (χ0v) is 15.9. The molecule has 150 valence electrons. The number of carbonyl (C=O) groups excluding carboxylic acids is 2. The molecule has 0 aliphatic carbocycles. The molecule has 4 rings (SSSR count). The van der Waals surface area contributed by atoms with E-state index in [0.717, 1.165) is 11.4 Å². The van der Waals surface area contributed by atoms with Gasteiger partial charge in [0.05, 0.1) is 10.8 Å². The van der Waals surface area contributed by atoms with Gasteiger partial charge in [0, 0.05) is 62.7 Å². The van der Waals surface area contributed by atoms with Crippen molar-refractivity contribution in [2.45, 2.75) is 6.42 Å². The minimum atomic E-state index is -0.415. The van der Waals surface area contributed by atoms with Crippen LogP contribution < -0.4 is 9.80 Å². The SMILES string of the molecule is O=C([C@H]1CC(=O)N(c2ccccc2)C1)N1CCN(c2ccc([N+](=O)[O-])cc2)CC1. The lowest BCUT2D eigenvalue weighted by Crippen LogP contribution is -2.50. The van der Waals surface area contributed by atoms with Gasteiger partial charge in [-0.1, -0.05) is 18.2 Å². The summed E-state index contributed by atoms with van der Waals surface area (Å²) < 4.78 is 0. The number of piperazine rings is 1. The van der Waals surface area contributed by atoms with Crippen LogP contribution >= 0.6 is 0 Å². The fraction of sp³-hybridized carbons (Fsp3) is 0.333. The Morgan fingerprint density at radius 2 is 1.59 bits per heavy atom. The van der Waals surface area contributed by atoms with Gasteiger partial charge in [0.15, 0.2) is 0 Å². The first-order valence-electron chi connectivity index (χ1n) is 9.66. The van der Waals surface area contributed by atoms with Gasteiger partial charge < -0.3 is 14.7 Å². The third-order valence-corrected chi connectivity index (χ3v) is 5.56. The first kappa shape index (κ1) is 18.9. The van der Waals surface area contributed by atoms with E-state index in [-0.39, 0.29) is 29.8 Å². The number of non-ortho nitro benzene ring substituents is 1. The molecule has 0 bridgehead atoms. The smallest absolute Gasteiger partial charge is 0.269 e. The lowest BCUT2D eigenvalue weighted by atomic mass is 10.1. The van der Waals surface area contributed by atoms with Gasteiger partial charge in [-0.25, -0.2) is 0 Å². The number of para-hydroxylation sites is 1. The Kier molecular flexibility index (Phi) is 5.16. The number of carbonyl (C=O) groups is 2. The maximum atomic E-state index is 12.9. The molecule has 2 aromatic carbocycles. The third-order valence-electron chi connectivity index (χ3n) is 5.56. The summed E-state index contributed by atoms with van der Waals surface area (Å²) in [5, 5.41) is 10.8. The molecule has 29 heavy (non-hydrogen) atoms. The van der Waals surface area contributed by atoms with Crippen LogP contribution in [-0.2, 0) is 9.59 Å². The van der Waals surface area contributed by atoms with Gasteiger partial charge >= 0.3 is 0 Å². The molecule has 0 spiro atoms. The van der Waals surface area contributed by atoms with E-state index in [4.69, 9.17) is 0 Å². The second kappa shape index (κ2) is 7.90. The topological polar surface area (TPSA) is 87.0 Å². The second-order valence-corrected chi connectivity index (χ2v) is 7.33. The van der Waals surface area contributed by atoms with Crippen molar-refractivity contribution in [3.8, 4) is 0 Å². The average molecular weight is 394 g/mol. The molecular weight excluding hydrogens is 372 g/mol. The number of anilines is 2. The molecule has 2 heterocycles. The van der Waals surface area contributed by atoms with Crippen molar-refractivity contribution in [1.29, 1.82) is 0 Å². The molecular formula is C21H22N4O4. The summed E-state index contributed by atoms with van der Waals surface area (Å²) >= 11 is 0. The van der Waals surface area contributed by atoms with Crippen LogP contribution in [0.4, 0.5) is 17.1 Å². The highest BCUT2D eigenvalue weighted by atomic mass is 16.6. The number of rotatable bonds is 4. The Bertz CT molecular complexity index is 908. The molecule has 0 unspecified atom stereocenters. The van der Waals surface area contributed by atoms with Gasteiger partial charge in [-0.3, -0.25) is 19.7 Å². The first-order chi connectivity index (χ1) is 14.0. The first-order valence-corrected chi connectivity index (χ1v) is 9.66. The highest BCUT2D eigenvalue weighted by Crippen LogP contribution is 2.27. The van der Waals surface area contributed by atoms with E-state index in [1.54, 1.807) is 17.0 Å². The van der Waals surface area contributed by atoms with Crippen molar-refractivity contribution < 1.29 is 14.5 Å². The van der Waals surface area contributed by atoms with Crippen LogP contribution in [-0.4, -0.2) is 54.4 Å². The van der Waals surface area contributed by atoms with Crippen molar-refractivity contribution in [2.24, 2.45) is 5.92 Å². The number of amides is 2. The lowest BCUT2D eigenvalue weighted by Gasteiger charge is -2.37. The summed E-state index contributed by atoms with van der Waals surface area (Å²) in [5.74, 6) is -0.298. The minimum Gasteiger partial charge on any atom is -0.368 e. The van der Waals surface area contributed by atoms with Crippen LogP contribution in [0.2, 0.25) is 0 Å². The fourth-order valence-corrected chi connectivity index (χ4v) is 3.96. The zero-order valence-electron chi connectivity index (χ0n) is 15.9. The fourth-order valence-electron chi connectivity index (χ4n) is 3.96. The van der Waals surface area contributed by atoms with Crippen LogP contribution in [0, 0.1) is 16.0 Å². The minimum absolute atomic E-state index is 0.0148. The van der Waals surface area contributed by atoms with Crippen molar-refractivity contribution >= 4 is 28.9 Å². The maximum absolute atomic E-state index is 12.9. The number of benzene rings is 2. The Hall–Kier alpha value is -3.42. The largest absolute Gasteiger partial charge is 0.368 e. The molecule has 8 heteroatoms. The van der Waals surface area contributed by atoms with Crippen molar-refractivity contribution in [3.05, 3.63) is 64.7 Å². The van der Waals surface area contributed by atoms with Gasteiger partial charge in [-0.15, -0.1) is 0 Å². The number of hydrogen-bond acceptors (Lipinski definition) is 5. The molecule has 2 fully saturated rings. The van der Waals surface area contributed by atoms with Crippen LogP contribution in [0.5, 0.6) is 0 Å². The molecule has 0 saturated carbocycles. The maximum Gasteiger partial charge on any atom is 0.269 e. The molecule has 0 radical (unpaired) electrons. The van der Waals surface area contributed by atoms with Crippen LogP contribution in [0.15, 0.2) is 54.6 Å². The van der Waals surface area contributed by atoms with E-state index in [2.05, 4.69) is 4.90 Å². The zero-order chi connectivity index (χ0) is 20.4. The predicted molar refractivity (Wildman–Crippen MR) is 109 cm³/mol. The molecule has 0 N–H and O–H groups in total. The molecule has 2 amide bonds. The predicted octanol–water partition coefficient (Wildman–Crippen LogP) is 2.30. The van der Waals surface area contributed by atoms with Gasteiger partial charge in [-0.2, -0.15) is 0 Å². The molecule has 2 aliphatic heterocycles.